The molecule has 0 aromatic rings. The normalized spacial score (nSPS) is 25.8. The lowest BCUT2D eigenvalue weighted by Gasteiger charge is -2.32. The van der Waals surface area contributed by atoms with Crippen LogP contribution >= 0.6 is 0 Å². The number of nitrogens with one attached hydrogen (secondary N) is 1. The maximum Gasteiger partial charge on any atom is 0.220 e. The second-order valence-electron chi connectivity index (χ2n) is 4.43. The van der Waals surface area contributed by atoms with E-state index in [0.717, 1.165) is 19.6 Å². The predicted molar refractivity (Wildman–Crippen MR) is 48.9 cm³/mol. The fourth-order valence-corrected chi connectivity index (χ4v) is 1.75. The van der Waals surface area contributed by atoms with Gasteiger partial charge in [-0.05, 0) is 12.5 Å². The van der Waals surface area contributed by atoms with Crippen molar-refractivity contribution in [2.24, 2.45) is 5.41 Å². The van der Waals surface area contributed by atoms with Gasteiger partial charge in [0.05, 0.1) is 0 Å². The van der Waals surface area contributed by atoms with E-state index in [-0.39, 0.29) is 11.3 Å². The van der Waals surface area contributed by atoms with Gasteiger partial charge < -0.3 is 10.2 Å². The molecule has 3 heteroatoms. The van der Waals surface area contributed by atoms with Crippen LogP contribution in [0.1, 0.15) is 20.3 Å². The highest BCUT2D eigenvalue weighted by atomic mass is 16.1. The number of rotatable bonds is 0. The van der Waals surface area contributed by atoms with Crippen LogP contribution in [0.4, 0.5) is 0 Å². The minimum absolute atomic E-state index is 0.110. The van der Waals surface area contributed by atoms with E-state index in [2.05, 4.69) is 31.1 Å². The molecule has 0 saturated carbocycles. The quantitative estimate of drug-likeness (QED) is 0.573. The Balaban J connectivity index is 2.57. The summed E-state index contributed by atoms with van der Waals surface area (Å²) in [6.07, 6.45) is 0.636. The van der Waals surface area contributed by atoms with Crippen LogP contribution < -0.4 is 5.32 Å². The van der Waals surface area contributed by atoms with Gasteiger partial charge in [-0.1, -0.05) is 13.8 Å². The van der Waals surface area contributed by atoms with Crippen LogP contribution in [0.25, 0.3) is 0 Å². The van der Waals surface area contributed by atoms with Gasteiger partial charge in [-0.25, -0.2) is 0 Å². The highest BCUT2D eigenvalue weighted by Gasteiger charge is 2.25. The molecule has 0 atom stereocenters. The van der Waals surface area contributed by atoms with Crippen molar-refractivity contribution >= 4 is 5.91 Å². The molecule has 0 unspecified atom stereocenters. The van der Waals surface area contributed by atoms with Crippen molar-refractivity contribution < 1.29 is 4.79 Å². The van der Waals surface area contributed by atoms with Crippen LogP contribution in [-0.4, -0.2) is 37.5 Å². The molecule has 70 valence electrons. The Morgan fingerprint density at radius 1 is 1.50 bits per heavy atom. The zero-order valence-electron chi connectivity index (χ0n) is 8.18. The first-order valence-electron chi connectivity index (χ1n) is 4.45. The van der Waals surface area contributed by atoms with E-state index in [0.29, 0.717) is 6.42 Å². The summed E-state index contributed by atoms with van der Waals surface area (Å²) in [6.45, 7) is 7.00. The SMILES string of the molecule is CN1CCNC(=O)CC(C)(C)C1. The Hall–Kier alpha value is -0.570. The molecule has 3 nitrogen and oxygen atoms in total. The Labute approximate surface area is 74.1 Å². The third-order valence-electron chi connectivity index (χ3n) is 2.15. The van der Waals surface area contributed by atoms with Gasteiger partial charge in [0.25, 0.3) is 0 Å². The first-order chi connectivity index (χ1) is 5.49. The van der Waals surface area contributed by atoms with Crippen molar-refractivity contribution in [2.45, 2.75) is 20.3 Å². The fraction of sp³-hybridized carbons (Fsp3) is 0.889. The predicted octanol–water partition coefficient (Wildman–Crippen LogP) is 0.464. The van der Waals surface area contributed by atoms with Gasteiger partial charge >= 0.3 is 0 Å². The van der Waals surface area contributed by atoms with E-state index in [4.69, 9.17) is 0 Å². The number of hydrogen-bond acceptors (Lipinski definition) is 2. The summed E-state index contributed by atoms with van der Waals surface area (Å²) in [5.41, 5.74) is 0.110. The maximum absolute atomic E-state index is 11.2. The van der Waals surface area contributed by atoms with E-state index < -0.39 is 0 Å². The molecule has 1 rings (SSSR count). The van der Waals surface area contributed by atoms with E-state index in [1.165, 1.54) is 0 Å². The fourth-order valence-electron chi connectivity index (χ4n) is 1.75. The Morgan fingerprint density at radius 2 is 2.17 bits per heavy atom. The zero-order chi connectivity index (χ0) is 9.19. The molecule has 0 aromatic heterocycles. The molecule has 1 aliphatic rings. The number of likely N-dealkylation sites (N-methyl/N-ethyl adjacent to an activating group) is 1. The largest absolute Gasteiger partial charge is 0.355 e. The van der Waals surface area contributed by atoms with Gasteiger partial charge in [-0.15, -0.1) is 0 Å². The van der Waals surface area contributed by atoms with Gasteiger partial charge in [0.1, 0.15) is 0 Å². The molecular formula is C9H18N2O. The molecule has 1 N–H and O–H groups in total. The van der Waals surface area contributed by atoms with Crippen molar-refractivity contribution in [3.63, 3.8) is 0 Å². The summed E-state index contributed by atoms with van der Waals surface area (Å²) >= 11 is 0. The molecule has 1 heterocycles. The molecule has 0 spiro atoms. The van der Waals surface area contributed by atoms with Gasteiger partial charge in [0, 0.05) is 26.1 Å². The maximum atomic E-state index is 11.2. The van der Waals surface area contributed by atoms with Crippen molar-refractivity contribution in [1.82, 2.24) is 10.2 Å². The number of nitrogens with zero attached hydrogens (tertiary/aromatic N) is 1. The van der Waals surface area contributed by atoms with Gasteiger partial charge in [0.2, 0.25) is 5.91 Å². The standard InChI is InChI=1S/C9H18N2O/c1-9(2)6-8(12)10-4-5-11(3)7-9/h4-7H2,1-3H3,(H,10,12). The molecule has 1 fully saturated rings. The highest BCUT2D eigenvalue weighted by Crippen LogP contribution is 2.21. The second kappa shape index (κ2) is 3.44. The molecule has 1 amide bonds. The molecule has 1 aliphatic heterocycles. The van der Waals surface area contributed by atoms with E-state index >= 15 is 0 Å². The Morgan fingerprint density at radius 3 is 2.83 bits per heavy atom. The van der Waals surface area contributed by atoms with E-state index in [1.807, 2.05) is 0 Å². The Bertz CT molecular complexity index is 177. The summed E-state index contributed by atoms with van der Waals surface area (Å²) in [4.78, 5) is 13.5. The van der Waals surface area contributed by atoms with Crippen molar-refractivity contribution in [2.75, 3.05) is 26.7 Å². The molecule has 0 aliphatic carbocycles. The number of carbonyl (C=O) groups is 1. The monoisotopic (exact) mass is 170 g/mol. The number of amides is 1. The van der Waals surface area contributed by atoms with Gasteiger partial charge in [0.15, 0.2) is 0 Å². The number of carbonyl (C=O) groups excluding carboxylic acids is 1. The van der Waals surface area contributed by atoms with Crippen LogP contribution in [0, 0.1) is 5.41 Å². The lowest BCUT2D eigenvalue weighted by molar-refractivity contribution is -0.123. The summed E-state index contributed by atoms with van der Waals surface area (Å²) in [6, 6.07) is 0. The number of hydrogen-bond donors (Lipinski definition) is 1. The van der Waals surface area contributed by atoms with Gasteiger partial charge in [-0.2, -0.15) is 0 Å². The van der Waals surface area contributed by atoms with Crippen LogP contribution in [0.15, 0.2) is 0 Å². The first kappa shape index (κ1) is 9.52. The third kappa shape index (κ3) is 2.81. The average Bonchev–Trinajstić information content (AvgIpc) is 1.81. The highest BCUT2D eigenvalue weighted by molar-refractivity contribution is 5.76. The summed E-state index contributed by atoms with van der Waals surface area (Å²) < 4.78 is 0. The zero-order valence-corrected chi connectivity index (χ0v) is 8.18. The van der Waals surface area contributed by atoms with Crippen molar-refractivity contribution in [1.29, 1.82) is 0 Å². The van der Waals surface area contributed by atoms with Crippen molar-refractivity contribution in [3.8, 4) is 0 Å². The van der Waals surface area contributed by atoms with E-state index in [9.17, 15) is 4.79 Å². The van der Waals surface area contributed by atoms with Gasteiger partial charge in [-0.3, -0.25) is 4.79 Å². The summed E-state index contributed by atoms with van der Waals surface area (Å²) in [7, 11) is 2.10. The van der Waals surface area contributed by atoms with Crippen LogP contribution in [0.3, 0.4) is 0 Å². The molecular weight excluding hydrogens is 152 g/mol. The van der Waals surface area contributed by atoms with Crippen LogP contribution in [-0.2, 0) is 4.79 Å². The summed E-state index contributed by atoms with van der Waals surface area (Å²) in [5, 5.41) is 2.89. The second-order valence-corrected chi connectivity index (χ2v) is 4.43. The smallest absolute Gasteiger partial charge is 0.220 e. The summed E-state index contributed by atoms with van der Waals surface area (Å²) in [5.74, 6) is 0.188. The molecule has 1 saturated heterocycles. The minimum Gasteiger partial charge on any atom is -0.355 e. The molecule has 12 heavy (non-hydrogen) atoms. The Kier molecular flexibility index (Phi) is 2.73. The molecule has 0 bridgehead atoms. The molecule has 0 radical (unpaired) electrons. The van der Waals surface area contributed by atoms with Crippen LogP contribution in [0.5, 0.6) is 0 Å². The van der Waals surface area contributed by atoms with Crippen molar-refractivity contribution in [3.05, 3.63) is 0 Å². The molecule has 0 aromatic carbocycles. The third-order valence-corrected chi connectivity index (χ3v) is 2.15. The van der Waals surface area contributed by atoms with E-state index in [1.54, 1.807) is 0 Å². The average molecular weight is 170 g/mol. The lowest BCUT2D eigenvalue weighted by Crippen LogP contribution is -2.43. The minimum atomic E-state index is 0.110. The lowest BCUT2D eigenvalue weighted by atomic mass is 9.88. The van der Waals surface area contributed by atoms with Crippen LogP contribution in [0.2, 0.25) is 0 Å². The topological polar surface area (TPSA) is 32.3 Å². The first-order valence-corrected chi connectivity index (χ1v) is 4.45.